The number of hydrogen-bond acceptors (Lipinski definition) is 3. The Labute approximate surface area is 124 Å². The van der Waals surface area contributed by atoms with Crippen molar-refractivity contribution in [2.45, 2.75) is 31.8 Å². The lowest BCUT2D eigenvalue weighted by Crippen LogP contribution is -2.44. The number of rotatable bonds is 3. The van der Waals surface area contributed by atoms with Gasteiger partial charge in [-0.2, -0.15) is 0 Å². The lowest BCUT2D eigenvalue weighted by molar-refractivity contribution is 0.355. The molecule has 2 unspecified atom stereocenters. The van der Waals surface area contributed by atoms with E-state index >= 15 is 0 Å². The van der Waals surface area contributed by atoms with E-state index in [1.807, 2.05) is 26.0 Å². The van der Waals surface area contributed by atoms with E-state index in [0.717, 1.165) is 5.56 Å². The fourth-order valence-electron chi connectivity index (χ4n) is 2.51. The van der Waals surface area contributed by atoms with Crippen LogP contribution in [0.25, 0.3) is 0 Å². The van der Waals surface area contributed by atoms with Gasteiger partial charge in [-0.1, -0.05) is 29.3 Å². The molecule has 1 N–H and O–H groups in total. The summed E-state index contributed by atoms with van der Waals surface area (Å²) in [7, 11) is -2.91. The Morgan fingerprint density at radius 2 is 2.00 bits per heavy atom. The van der Waals surface area contributed by atoms with Gasteiger partial charge in [-0.3, -0.25) is 0 Å². The van der Waals surface area contributed by atoms with Gasteiger partial charge in [0.15, 0.2) is 9.84 Å². The highest BCUT2D eigenvalue weighted by atomic mass is 35.5. The van der Waals surface area contributed by atoms with E-state index in [1.54, 1.807) is 6.07 Å². The summed E-state index contributed by atoms with van der Waals surface area (Å²) in [5.74, 6) is 0.441. The van der Waals surface area contributed by atoms with Crippen LogP contribution >= 0.6 is 23.2 Å². The molecule has 1 aromatic carbocycles. The summed E-state index contributed by atoms with van der Waals surface area (Å²) in [5, 5.41) is 4.42. The minimum Gasteiger partial charge on any atom is -0.304 e. The molecule has 2 atom stereocenters. The van der Waals surface area contributed by atoms with Gasteiger partial charge in [-0.25, -0.2) is 8.42 Å². The summed E-state index contributed by atoms with van der Waals surface area (Å²) in [6.07, 6.45) is 0.640. The molecular weight excluding hydrogens is 305 g/mol. The minimum atomic E-state index is -2.91. The first-order valence-electron chi connectivity index (χ1n) is 6.14. The standard InChI is InChI=1S/C13H17Cl2NO2S/c1-9(10-3-4-11(14)12(15)7-10)16-13(2)5-6-19(17,18)8-13/h3-4,7,9,16H,5-6,8H2,1-2H3. The van der Waals surface area contributed by atoms with Crippen molar-refractivity contribution in [3.63, 3.8) is 0 Å². The SMILES string of the molecule is CC(NC1(C)CCS(=O)(=O)C1)c1ccc(Cl)c(Cl)c1. The lowest BCUT2D eigenvalue weighted by atomic mass is 9.98. The number of nitrogens with one attached hydrogen (secondary N) is 1. The number of hydrogen-bond donors (Lipinski definition) is 1. The summed E-state index contributed by atoms with van der Waals surface area (Å²) < 4.78 is 23.2. The van der Waals surface area contributed by atoms with E-state index in [2.05, 4.69) is 5.32 Å². The zero-order valence-corrected chi connectivity index (χ0v) is 13.2. The molecule has 0 amide bonds. The highest BCUT2D eigenvalue weighted by Gasteiger charge is 2.39. The molecule has 0 aromatic heterocycles. The van der Waals surface area contributed by atoms with Crippen molar-refractivity contribution < 1.29 is 8.42 Å². The second-order valence-electron chi connectivity index (χ2n) is 5.44. The van der Waals surface area contributed by atoms with Crippen molar-refractivity contribution >= 4 is 33.0 Å². The van der Waals surface area contributed by atoms with Gasteiger partial charge in [-0.05, 0) is 38.0 Å². The molecule has 1 aliphatic heterocycles. The molecule has 1 heterocycles. The van der Waals surface area contributed by atoms with Gasteiger partial charge in [0.05, 0.1) is 21.6 Å². The van der Waals surface area contributed by atoms with Crippen LogP contribution in [0.1, 0.15) is 31.9 Å². The Morgan fingerprint density at radius 3 is 2.53 bits per heavy atom. The maximum absolute atomic E-state index is 11.6. The van der Waals surface area contributed by atoms with E-state index in [1.165, 1.54) is 0 Å². The van der Waals surface area contributed by atoms with Crippen molar-refractivity contribution in [3.05, 3.63) is 33.8 Å². The van der Waals surface area contributed by atoms with Crippen LogP contribution in [0.4, 0.5) is 0 Å². The smallest absolute Gasteiger partial charge is 0.152 e. The molecule has 0 bridgehead atoms. The summed E-state index contributed by atoms with van der Waals surface area (Å²) >= 11 is 11.9. The van der Waals surface area contributed by atoms with Gasteiger partial charge < -0.3 is 5.32 Å². The normalized spacial score (nSPS) is 27.4. The average Bonchev–Trinajstić information content (AvgIpc) is 2.56. The first kappa shape index (κ1) is 15.1. The van der Waals surface area contributed by atoms with E-state index in [9.17, 15) is 8.42 Å². The van der Waals surface area contributed by atoms with Gasteiger partial charge in [0.25, 0.3) is 0 Å². The van der Waals surface area contributed by atoms with Crippen molar-refractivity contribution in [1.29, 1.82) is 0 Å². The van der Waals surface area contributed by atoms with E-state index < -0.39 is 9.84 Å². The molecule has 0 saturated carbocycles. The molecule has 1 saturated heterocycles. The topological polar surface area (TPSA) is 46.2 Å². The number of benzene rings is 1. The minimum absolute atomic E-state index is 0.0214. The van der Waals surface area contributed by atoms with Gasteiger partial charge >= 0.3 is 0 Å². The maximum atomic E-state index is 11.6. The van der Waals surface area contributed by atoms with Crippen LogP contribution in [0.15, 0.2) is 18.2 Å². The molecule has 1 fully saturated rings. The third-order valence-corrected chi connectivity index (χ3v) is 6.15. The van der Waals surface area contributed by atoms with Crippen LogP contribution < -0.4 is 5.32 Å². The van der Waals surface area contributed by atoms with Crippen LogP contribution in [0.3, 0.4) is 0 Å². The second kappa shape index (κ2) is 5.24. The first-order valence-corrected chi connectivity index (χ1v) is 8.72. The Bertz CT molecular complexity index is 588. The van der Waals surface area contributed by atoms with E-state index in [-0.39, 0.29) is 23.1 Å². The van der Waals surface area contributed by atoms with Crippen molar-refractivity contribution in [3.8, 4) is 0 Å². The summed E-state index contributed by atoms with van der Waals surface area (Å²) in [6, 6.07) is 5.49. The summed E-state index contributed by atoms with van der Waals surface area (Å²) in [4.78, 5) is 0. The largest absolute Gasteiger partial charge is 0.304 e. The summed E-state index contributed by atoms with van der Waals surface area (Å²) in [6.45, 7) is 3.95. The number of sulfone groups is 1. The van der Waals surface area contributed by atoms with Crippen molar-refractivity contribution in [1.82, 2.24) is 5.32 Å². The molecule has 3 nitrogen and oxygen atoms in total. The molecule has 106 valence electrons. The molecule has 0 radical (unpaired) electrons. The number of halogens is 2. The predicted molar refractivity (Wildman–Crippen MR) is 79.7 cm³/mol. The molecular formula is C13H17Cl2NO2S. The van der Waals surface area contributed by atoms with Gasteiger partial charge in [-0.15, -0.1) is 0 Å². The Balaban J connectivity index is 2.13. The zero-order valence-electron chi connectivity index (χ0n) is 10.9. The fraction of sp³-hybridized carbons (Fsp3) is 0.538. The third kappa shape index (κ3) is 3.63. The van der Waals surface area contributed by atoms with Crippen LogP contribution in [0.5, 0.6) is 0 Å². The first-order chi connectivity index (χ1) is 8.71. The monoisotopic (exact) mass is 321 g/mol. The third-order valence-electron chi connectivity index (χ3n) is 3.51. The van der Waals surface area contributed by atoms with Gasteiger partial charge in [0, 0.05) is 11.6 Å². The van der Waals surface area contributed by atoms with Crippen LogP contribution in [-0.2, 0) is 9.84 Å². The Hall–Kier alpha value is -0.290. The summed E-state index contributed by atoms with van der Waals surface area (Å²) in [5.41, 5.74) is 0.629. The molecule has 2 rings (SSSR count). The Morgan fingerprint density at radius 1 is 1.32 bits per heavy atom. The highest BCUT2D eigenvalue weighted by molar-refractivity contribution is 7.91. The average molecular weight is 322 g/mol. The molecule has 0 aliphatic carbocycles. The molecule has 6 heteroatoms. The van der Waals surface area contributed by atoms with Crippen molar-refractivity contribution in [2.24, 2.45) is 0 Å². The molecule has 1 aromatic rings. The van der Waals surface area contributed by atoms with E-state index in [4.69, 9.17) is 23.2 Å². The second-order valence-corrected chi connectivity index (χ2v) is 8.44. The highest BCUT2D eigenvalue weighted by Crippen LogP contribution is 2.29. The molecule has 19 heavy (non-hydrogen) atoms. The van der Waals surface area contributed by atoms with Crippen LogP contribution in [0.2, 0.25) is 10.0 Å². The Kier molecular flexibility index (Phi) is 4.17. The lowest BCUT2D eigenvalue weighted by Gasteiger charge is -2.29. The van der Waals surface area contributed by atoms with Crippen molar-refractivity contribution in [2.75, 3.05) is 11.5 Å². The van der Waals surface area contributed by atoms with Crippen LogP contribution in [0, 0.1) is 0 Å². The molecule has 0 spiro atoms. The maximum Gasteiger partial charge on any atom is 0.152 e. The van der Waals surface area contributed by atoms with Gasteiger partial charge in [0.2, 0.25) is 0 Å². The fourth-order valence-corrected chi connectivity index (χ4v) is 4.92. The quantitative estimate of drug-likeness (QED) is 0.929. The van der Waals surface area contributed by atoms with Gasteiger partial charge in [0.1, 0.15) is 0 Å². The van der Waals surface area contributed by atoms with E-state index in [0.29, 0.717) is 16.5 Å². The predicted octanol–water partition coefficient (Wildman–Crippen LogP) is 3.22. The zero-order chi connectivity index (χ0) is 14.3. The molecule has 1 aliphatic rings. The van der Waals surface area contributed by atoms with Crippen LogP contribution in [-0.4, -0.2) is 25.5 Å².